The highest BCUT2D eigenvalue weighted by molar-refractivity contribution is 6.10. The maximum atomic E-state index is 12.6. The minimum Gasteiger partial charge on any atom is -0.320 e. The van der Waals surface area contributed by atoms with Crippen LogP contribution in [0.25, 0.3) is 0 Å². The van der Waals surface area contributed by atoms with E-state index < -0.39 is 21.7 Å². The molecule has 31 heavy (non-hydrogen) atoms. The smallest absolute Gasteiger partial charge is 0.270 e. The van der Waals surface area contributed by atoms with Gasteiger partial charge in [0.15, 0.2) is 0 Å². The number of nitro groups is 2. The molecule has 0 fully saturated rings. The largest absolute Gasteiger partial charge is 0.320 e. The Hall–Kier alpha value is -4.60. The molecule has 0 saturated carbocycles. The van der Waals surface area contributed by atoms with E-state index in [1.165, 1.54) is 36.4 Å². The van der Waals surface area contributed by atoms with Crippen LogP contribution in [-0.4, -0.2) is 21.7 Å². The average molecular weight is 420 g/mol. The molecular weight excluding hydrogens is 404 g/mol. The predicted octanol–water partition coefficient (Wildman–Crippen LogP) is 4.32. The number of carbonyl (C=O) groups excluding carboxylic acids is 2. The molecular formula is C21H16N4O6. The molecule has 3 aromatic carbocycles. The molecule has 0 saturated heterocycles. The fraction of sp³-hybridized carbons (Fsp3) is 0.0476. The van der Waals surface area contributed by atoms with E-state index in [1.54, 1.807) is 25.1 Å². The van der Waals surface area contributed by atoms with Gasteiger partial charge in [-0.15, -0.1) is 0 Å². The lowest BCUT2D eigenvalue weighted by Gasteiger charge is -2.13. The quantitative estimate of drug-likeness (QED) is 0.449. The summed E-state index contributed by atoms with van der Waals surface area (Å²) >= 11 is 0. The molecule has 0 aliphatic heterocycles. The number of anilines is 2. The first-order valence-corrected chi connectivity index (χ1v) is 8.97. The molecule has 10 nitrogen and oxygen atoms in total. The van der Waals surface area contributed by atoms with E-state index in [-0.39, 0.29) is 33.9 Å². The van der Waals surface area contributed by atoms with Gasteiger partial charge in [-0.1, -0.05) is 18.2 Å². The zero-order valence-electron chi connectivity index (χ0n) is 16.2. The van der Waals surface area contributed by atoms with E-state index in [9.17, 15) is 29.8 Å². The number of aryl methyl sites for hydroxylation is 1. The number of non-ortho nitro benzene ring substituents is 2. The molecule has 0 aromatic heterocycles. The van der Waals surface area contributed by atoms with E-state index in [0.29, 0.717) is 0 Å². The van der Waals surface area contributed by atoms with Crippen LogP contribution < -0.4 is 10.6 Å². The van der Waals surface area contributed by atoms with Gasteiger partial charge < -0.3 is 10.6 Å². The Bertz CT molecular complexity index is 1210. The van der Waals surface area contributed by atoms with Crippen LogP contribution in [0.2, 0.25) is 0 Å². The Balaban J connectivity index is 1.85. The Morgan fingerprint density at radius 3 is 1.68 bits per heavy atom. The number of nitro benzene ring substituents is 2. The first kappa shape index (κ1) is 21.1. The van der Waals surface area contributed by atoms with Crippen LogP contribution in [0.1, 0.15) is 26.3 Å². The SMILES string of the molecule is Cc1ccc(NC(=O)c2cccc([N+](=O)[O-])c2)c(NC(=O)c2cccc([N+](=O)[O-])c2)c1. The van der Waals surface area contributed by atoms with Gasteiger partial charge in [0.05, 0.1) is 21.2 Å². The lowest BCUT2D eigenvalue weighted by atomic mass is 10.1. The summed E-state index contributed by atoms with van der Waals surface area (Å²) in [6.45, 7) is 1.79. The maximum absolute atomic E-state index is 12.6. The van der Waals surface area contributed by atoms with Gasteiger partial charge in [-0.25, -0.2) is 0 Å². The summed E-state index contributed by atoms with van der Waals surface area (Å²) in [6, 6.07) is 15.4. The van der Waals surface area contributed by atoms with Crippen LogP contribution in [0, 0.1) is 27.2 Å². The summed E-state index contributed by atoms with van der Waals surface area (Å²) in [5, 5.41) is 27.1. The van der Waals surface area contributed by atoms with Gasteiger partial charge in [-0.2, -0.15) is 0 Å². The van der Waals surface area contributed by atoms with Crippen molar-refractivity contribution in [1.82, 2.24) is 0 Å². The molecule has 0 heterocycles. The molecule has 10 heteroatoms. The van der Waals surface area contributed by atoms with Crippen molar-refractivity contribution in [2.75, 3.05) is 10.6 Å². The van der Waals surface area contributed by atoms with E-state index in [2.05, 4.69) is 10.6 Å². The van der Waals surface area contributed by atoms with Crippen molar-refractivity contribution < 1.29 is 19.4 Å². The number of carbonyl (C=O) groups is 2. The van der Waals surface area contributed by atoms with Crippen LogP contribution in [0.4, 0.5) is 22.7 Å². The zero-order chi connectivity index (χ0) is 22.5. The highest BCUT2D eigenvalue weighted by atomic mass is 16.6. The van der Waals surface area contributed by atoms with E-state index in [4.69, 9.17) is 0 Å². The van der Waals surface area contributed by atoms with E-state index in [0.717, 1.165) is 17.7 Å². The predicted molar refractivity (Wildman–Crippen MR) is 113 cm³/mol. The fourth-order valence-electron chi connectivity index (χ4n) is 2.78. The first-order valence-electron chi connectivity index (χ1n) is 8.97. The molecule has 0 spiro atoms. The molecule has 0 aliphatic rings. The minimum atomic E-state index is -0.604. The molecule has 156 valence electrons. The fourth-order valence-corrected chi connectivity index (χ4v) is 2.78. The summed E-state index contributed by atoms with van der Waals surface area (Å²) in [5.41, 5.74) is 1.03. The van der Waals surface area contributed by atoms with Crippen LogP contribution in [0.3, 0.4) is 0 Å². The molecule has 0 radical (unpaired) electrons. The third-order valence-electron chi connectivity index (χ3n) is 4.31. The van der Waals surface area contributed by atoms with Gasteiger partial charge in [0, 0.05) is 35.4 Å². The molecule has 0 atom stereocenters. The second-order valence-corrected chi connectivity index (χ2v) is 6.57. The number of hydrogen-bond acceptors (Lipinski definition) is 6. The van der Waals surface area contributed by atoms with Crippen LogP contribution in [-0.2, 0) is 0 Å². The number of benzene rings is 3. The summed E-state index contributed by atoms with van der Waals surface area (Å²) in [4.78, 5) is 45.9. The highest BCUT2D eigenvalue weighted by Gasteiger charge is 2.16. The molecule has 0 bridgehead atoms. The second kappa shape index (κ2) is 8.82. The lowest BCUT2D eigenvalue weighted by molar-refractivity contribution is -0.385. The number of nitrogens with one attached hydrogen (secondary N) is 2. The number of hydrogen-bond donors (Lipinski definition) is 2. The molecule has 0 unspecified atom stereocenters. The minimum absolute atomic E-state index is 0.0748. The van der Waals surface area contributed by atoms with Crippen molar-refractivity contribution in [3.63, 3.8) is 0 Å². The van der Waals surface area contributed by atoms with Crippen LogP contribution in [0.5, 0.6) is 0 Å². The average Bonchev–Trinajstić information content (AvgIpc) is 2.75. The van der Waals surface area contributed by atoms with Crippen molar-refractivity contribution >= 4 is 34.6 Å². The molecule has 2 N–H and O–H groups in total. The van der Waals surface area contributed by atoms with Crippen molar-refractivity contribution in [3.05, 3.63) is 104 Å². The van der Waals surface area contributed by atoms with Gasteiger partial charge >= 0.3 is 0 Å². The molecule has 0 aliphatic carbocycles. The summed E-state index contributed by atoms with van der Waals surface area (Å²) in [7, 11) is 0. The number of nitrogens with zero attached hydrogens (tertiary/aromatic N) is 2. The molecule has 3 aromatic rings. The van der Waals surface area contributed by atoms with Gasteiger partial charge in [0.1, 0.15) is 0 Å². The normalized spacial score (nSPS) is 10.2. The summed E-state index contributed by atoms with van der Waals surface area (Å²) in [6.07, 6.45) is 0. The van der Waals surface area contributed by atoms with Crippen molar-refractivity contribution in [3.8, 4) is 0 Å². The van der Waals surface area contributed by atoms with Gasteiger partial charge in [0.25, 0.3) is 23.2 Å². The van der Waals surface area contributed by atoms with Crippen molar-refractivity contribution in [2.45, 2.75) is 6.92 Å². The topological polar surface area (TPSA) is 144 Å². The molecule has 3 rings (SSSR count). The Kier molecular flexibility index (Phi) is 6.01. The number of amides is 2. The van der Waals surface area contributed by atoms with Gasteiger partial charge in [0.2, 0.25) is 0 Å². The Labute approximate surface area is 175 Å². The zero-order valence-corrected chi connectivity index (χ0v) is 16.2. The first-order chi connectivity index (χ1) is 14.7. The Morgan fingerprint density at radius 2 is 1.19 bits per heavy atom. The Morgan fingerprint density at radius 1 is 0.710 bits per heavy atom. The van der Waals surface area contributed by atoms with Crippen LogP contribution >= 0.6 is 0 Å². The number of rotatable bonds is 6. The highest BCUT2D eigenvalue weighted by Crippen LogP contribution is 2.25. The molecule has 2 amide bonds. The summed E-state index contributed by atoms with van der Waals surface area (Å²) < 4.78 is 0. The van der Waals surface area contributed by atoms with Crippen LogP contribution in [0.15, 0.2) is 66.7 Å². The lowest BCUT2D eigenvalue weighted by Crippen LogP contribution is -2.17. The van der Waals surface area contributed by atoms with Gasteiger partial charge in [-0.3, -0.25) is 29.8 Å². The third-order valence-corrected chi connectivity index (χ3v) is 4.31. The van der Waals surface area contributed by atoms with Gasteiger partial charge in [-0.05, 0) is 36.8 Å². The monoisotopic (exact) mass is 420 g/mol. The van der Waals surface area contributed by atoms with Crippen molar-refractivity contribution in [1.29, 1.82) is 0 Å². The standard InChI is InChI=1S/C21H16N4O6/c1-13-8-9-18(22-20(26)14-4-2-6-16(11-14)24(28)29)19(10-13)23-21(27)15-5-3-7-17(12-15)25(30)31/h2-12H,1H3,(H,22,26)(H,23,27). The summed E-state index contributed by atoms with van der Waals surface area (Å²) in [5.74, 6) is -1.20. The van der Waals surface area contributed by atoms with E-state index in [1.807, 2.05) is 0 Å². The second-order valence-electron chi connectivity index (χ2n) is 6.57. The maximum Gasteiger partial charge on any atom is 0.270 e. The van der Waals surface area contributed by atoms with Crippen molar-refractivity contribution in [2.24, 2.45) is 0 Å². The van der Waals surface area contributed by atoms with E-state index >= 15 is 0 Å². The third kappa shape index (κ3) is 5.07.